The lowest BCUT2D eigenvalue weighted by atomic mass is 10.1. The molecule has 19 heavy (non-hydrogen) atoms. The molecule has 0 aromatic carbocycles. The number of rotatable bonds is 4. The molecular weight excluding hydrogens is 244 g/mol. The van der Waals surface area contributed by atoms with Gasteiger partial charge in [0, 0.05) is 26.7 Å². The molecule has 0 spiro atoms. The number of aromatic nitrogens is 4. The van der Waals surface area contributed by atoms with Crippen molar-refractivity contribution in [3.63, 3.8) is 0 Å². The van der Waals surface area contributed by atoms with E-state index in [-0.39, 0.29) is 6.61 Å². The van der Waals surface area contributed by atoms with Crippen LogP contribution in [-0.4, -0.2) is 51.8 Å². The Hall–Kier alpha value is -1.89. The van der Waals surface area contributed by atoms with Crippen LogP contribution in [0.4, 0.5) is 11.8 Å². The van der Waals surface area contributed by atoms with Crippen LogP contribution in [0, 0.1) is 5.92 Å². The van der Waals surface area contributed by atoms with E-state index in [1.54, 1.807) is 13.4 Å². The van der Waals surface area contributed by atoms with Gasteiger partial charge >= 0.3 is 0 Å². The SMILES string of the molecule is CNc1nc(N2CCC(CCO)C2)c2[nH]cnc2n1. The summed E-state index contributed by atoms with van der Waals surface area (Å²) in [6.07, 6.45) is 3.59. The third-order valence-corrected chi connectivity index (χ3v) is 3.61. The Morgan fingerprint density at radius 2 is 2.42 bits per heavy atom. The van der Waals surface area contributed by atoms with Gasteiger partial charge in [0.25, 0.3) is 0 Å². The fraction of sp³-hybridized carbons (Fsp3) is 0.583. The summed E-state index contributed by atoms with van der Waals surface area (Å²) in [6.45, 7) is 2.14. The molecule has 0 bridgehead atoms. The molecule has 1 aliphatic rings. The molecule has 102 valence electrons. The molecule has 7 nitrogen and oxygen atoms in total. The molecule has 3 heterocycles. The number of nitrogens with one attached hydrogen (secondary N) is 2. The zero-order valence-corrected chi connectivity index (χ0v) is 10.9. The van der Waals surface area contributed by atoms with E-state index in [4.69, 9.17) is 5.11 Å². The Morgan fingerprint density at radius 3 is 3.21 bits per heavy atom. The summed E-state index contributed by atoms with van der Waals surface area (Å²) in [4.78, 5) is 18.4. The monoisotopic (exact) mass is 262 g/mol. The number of imidazole rings is 1. The summed E-state index contributed by atoms with van der Waals surface area (Å²) in [6, 6.07) is 0. The number of hydrogen-bond acceptors (Lipinski definition) is 6. The number of hydrogen-bond donors (Lipinski definition) is 3. The molecule has 1 saturated heterocycles. The fourth-order valence-corrected chi connectivity index (χ4v) is 2.60. The predicted octanol–water partition coefficient (Wildman–Crippen LogP) is 0.603. The number of anilines is 2. The molecule has 0 aliphatic carbocycles. The lowest BCUT2D eigenvalue weighted by Crippen LogP contribution is -2.22. The van der Waals surface area contributed by atoms with Crippen LogP contribution < -0.4 is 10.2 Å². The van der Waals surface area contributed by atoms with Gasteiger partial charge in [-0.15, -0.1) is 0 Å². The quantitative estimate of drug-likeness (QED) is 0.747. The van der Waals surface area contributed by atoms with E-state index in [2.05, 4.69) is 30.2 Å². The van der Waals surface area contributed by atoms with Crippen molar-refractivity contribution in [1.82, 2.24) is 19.9 Å². The third kappa shape index (κ3) is 2.21. The van der Waals surface area contributed by atoms with E-state index in [0.717, 1.165) is 37.3 Å². The molecule has 1 aliphatic heterocycles. The van der Waals surface area contributed by atoms with Crippen LogP contribution in [0.2, 0.25) is 0 Å². The number of aliphatic hydroxyl groups is 1. The van der Waals surface area contributed by atoms with Crippen LogP contribution in [-0.2, 0) is 0 Å². The first-order valence-corrected chi connectivity index (χ1v) is 6.56. The topological polar surface area (TPSA) is 90.0 Å². The normalized spacial score (nSPS) is 19.3. The largest absolute Gasteiger partial charge is 0.396 e. The maximum absolute atomic E-state index is 9.03. The van der Waals surface area contributed by atoms with Gasteiger partial charge in [0.1, 0.15) is 5.52 Å². The first-order chi connectivity index (χ1) is 9.31. The average molecular weight is 262 g/mol. The molecule has 0 radical (unpaired) electrons. The molecule has 7 heteroatoms. The van der Waals surface area contributed by atoms with E-state index in [9.17, 15) is 0 Å². The van der Waals surface area contributed by atoms with Crippen LogP contribution in [0.1, 0.15) is 12.8 Å². The number of aromatic amines is 1. The number of H-pyrrole nitrogens is 1. The van der Waals surface area contributed by atoms with Crippen LogP contribution in [0.3, 0.4) is 0 Å². The van der Waals surface area contributed by atoms with Crippen molar-refractivity contribution in [3.05, 3.63) is 6.33 Å². The van der Waals surface area contributed by atoms with Crippen molar-refractivity contribution in [3.8, 4) is 0 Å². The van der Waals surface area contributed by atoms with Crippen molar-refractivity contribution in [2.45, 2.75) is 12.8 Å². The molecule has 0 amide bonds. The molecule has 1 unspecified atom stereocenters. The number of aliphatic hydroxyl groups excluding tert-OH is 1. The number of nitrogens with zero attached hydrogens (tertiary/aromatic N) is 4. The Kier molecular flexibility index (Phi) is 3.20. The first kappa shape index (κ1) is 12.2. The summed E-state index contributed by atoms with van der Waals surface area (Å²) in [5.74, 6) is 2.02. The maximum atomic E-state index is 9.03. The summed E-state index contributed by atoms with van der Waals surface area (Å²) < 4.78 is 0. The van der Waals surface area contributed by atoms with Crippen molar-refractivity contribution < 1.29 is 5.11 Å². The second kappa shape index (κ2) is 5.00. The second-order valence-corrected chi connectivity index (χ2v) is 4.83. The van der Waals surface area contributed by atoms with Crippen LogP contribution >= 0.6 is 0 Å². The van der Waals surface area contributed by atoms with Crippen LogP contribution in [0.5, 0.6) is 0 Å². The molecule has 2 aromatic heterocycles. The van der Waals surface area contributed by atoms with Gasteiger partial charge < -0.3 is 20.3 Å². The second-order valence-electron chi connectivity index (χ2n) is 4.83. The minimum atomic E-state index is 0.253. The standard InChI is InChI=1S/C12H18N6O/c1-13-12-16-10-9(14-7-15-10)11(17-12)18-4-2-8(6-18)3-5-19/h7-8,19H,2-6H2,1H3,(H2,13,14,15,16,17). The van der Waals surface area contributed by atoms with Crippen LogP contribution in [0.25, 0.3) is 11.2 Å². The highest BCUT2D eigenvalue weighted by Crippen LogP contribution is 2.28. The van der Waals surface area contributed by atoms with Crippen molar-refractivity contribution in [2.24, 2.45) is 5.92 Å². The van der Waals surface area contributed by atoms with Crippen molar-refractivity contribution in [1.29, 1.82) is 0 Å². The first-order valence-electron chi connectivity index (χ1n) is 6.56. The van der Waals surface area contributed by atoms with Gasteiger partial charge in [-0.05, 0) is 18.8 Å². The van der Waals surface area contributed by atoms with E-state index in [0.29, 0.717) is 17.5 Å². The zero-order valence-electron chi connectivity index (χ0n) is 10.9. The van der Waals surface area contributed by atoms with Gasteiger partial charge in [-0.2, -0.15) is 9.97 Å². The molecule has 0 saturated carbocycles. The lowest BCUT2D eigenvalue weighted by Gasteiger charge is -2.18. The average Bonchev–Trinajstić information content (AvgIpc) is 3.06. The van der Waals surface area contributed by atoms with Crippen LogP contribution in [0.15, 0.2) is 6.33 Å². The summed E-state index contributed by atoms with van der Waals surface area (Å²) >= 11 is 0. The Morgan fingerprint density at radius 1 is 1.53 bits per heavy atom. The zero-order chi connectivity index (χ0) is 13.2. The van der Waals surface area contributed by atoms with Gasteiger partial charge in [-0.25, -0.2) is 4.98 Å². The Bertz CT molecular complexity index is 568. The molecular formula is C12H18N6O. The van der Waals surface area contributed by atoms with Gasteiger partial charge in [0.2, 0.25) is 5.95 Å². The van der Waals surface area contributed by atoms with Gasteiger partial charge in [-0.1, -0.05) is 0 Å². The molecule has 3 N–H and O–H groups in total. The third-order valence-electron chi connectivity index (χ3n) is 3.61. The summed E-state index contributed by atoms with van der Waals surface area (Å²) in [7, 11) is 1.80. The van der Waals surface area contributed by atoms with Crippen molar-refractivity contribution in [2.75, 3.05) is 37.0 Å². The van der Waals surface area contributed by atoms with Gasteiger partial charge in [-0.3, -0.25) is 0 Å². The predicted molar refractivity (Wildman–Crippen MR) is 73.3 cm³/mol. The molecule has 1 fully saturated rings. The summed E-state index contributed by atoms with van der Waals surface area (Å²) in [5.41, 5.74) is 1.56. The highest BCUT2D eigenvalue weighted by molar-refractivity contribution is 5.84. The molecule has 2 aromatic rings. The highest BCUT2D eigenvalue weighted by atomic mass is 16.3. The van der Waals surface area contributed by atoms with E-state index >= 15 is 0 Å². The van der Waals surface area contributed by atoms with E-state index < -0.39 is 0 Å². The molecule has 3 rings (SSSR count). The Labute approximate surface area is 111 Å². The minimum absolute atomic E-state index is 0.253. The smallest absolute Gasteiger partial charge is 0.226 e. The fourth-order valence-electron chi connectivity index (χ4n) is 2.60. The van der Waals surface area contributed by atoms with E-state index in [1.807, 2.05) is 0 Å². The Balaban J connectivity index is 1.93. The minimum Gasteiger partial charge on any atom is -0.396 e. The maximum Gasteiger partial charge on any atom is 0.226 e. The lowest BCUT2D eigenvalue weighted by molar-refractivity contribution is 0.263. The number of fused-ring (bicyclic) bond motifs is 1. The molecule has 1 atom stereocenters. The summed E-state index contributed by atoms with van der Waals surface area (Å²) in [5, 5.41) is 12.0. The van der Waals surface area contributed by atoms with Gasteiger partial charge in [0.05, 0.1) is 6.33 Å². The highest BCUT2D eigenvalue weighted by Gasteiger charge is 2.25. The van der Waals surface area contributed by atoms with E-state index in [1.165, 1.54) is 0 Å². The van der Waals surface area contributed by atoms with Gasteiger partial charge in [0.15, 0.2) is 11.5 Å². The van der Waals surface area contributed by atoms with Crippen molar-refractivity contribution >= 4 is 22.9 Å².